The van der Waals surface area contributed by atoms with Crippen LogP contribution in [0, 0.1) is 11.7 Å². The minimum absolute atomic E-state index is 0.106. The van der Waals surface area contributed by atoms with Crippen molar-refractivity contribution in [2.45, 2.75) is 33.1 Å². The highest BCUT2D eigenvalue weighted by Gasteiger charge is 2.08. The fraction of sp³-hybridized carbons (Fsp3) is 0.533. The van der Waals surface area contributed by atoms with Gasteiger partial charge < -0.3 is 15.8 Å². The topological polar surface area (TPSA) is 64.3 Å². The first kappa shape index (κ1) is 16.4. The number of nitrogen functional groups attached to an aromatic ring is 1. The Labute approximate surface area is 119 Å². The second-order valence-corrected chi connectivity index (χ2v) is 5.01. The maximum atomic E-state index is 13.4. The van der Waals surface area contributed by atoms with Crippen LogP contribution in [0.4, 0.5) is 15.8 Å². The van der Waals surface area contributed by atoms with E-state index in [2.05, 4.69) is 19.2 Å². The number of carbonyl (C=O) groups excluding carboxylic acids is 1. The first-order valence-corrected chi connectivity index (χ1v) is 6.95. The lowest BCUT2D eigenvalue weighted by molar-refractivity contribution is -0.117. The smallest absolute Gasteiger partial charge is 0.226 e. The molecule has 0 saturated carbocycles. The van der Waals surface area contributed by atoms with Gasteiger partial charge in [-0.05, 0) is 30.5 Å². The molecule has 0 aromatic heterocycles. The van der Waals surface area contributed by atoms with Crippen molar-refractivity contribution in [2.75, 3.05) is 24.3 Å². The Morgan fingerprint density at radius 2 is 2.25 bits per heavy atom. The molecule has 1 rings (SSSR count). The van der Waals surface area contributed by atoms with Crippen molar-refractivity contribution in [3.8, 4) is 0 Å². The second-order valence-electron chi connectivity index (χ2n) is 5.01. The number of anilines is 2. The fourth-order valence-electron chi connectivity index (χ4n) is 1.88. The average molecular weight is 282 g/mol. The first-order chi connectivity index (χ1) is 9.52. The molecule has 0 fully saturated rings. The molecule has 0 aliphatic rings. The lowest BCUT2D eigenvalue weighted by atomic mass is 10.1. The summed E-state index contributed by atoms with van der Waals surface area (Å²) in [6, 6.07) is 4.08. The van der Waals surface area contributed by atoms with Crippen LogP contribution in [0.5, 0.6) is 0 Å². The van der Waals surface area contributed by atoms with E-state index in [1.165, 1.54) is 18.2 Å². The van der Waals surface area contributed by atoms with Crippen molar-refractivity contribution >= 4 is 17.3 Å². The third-order valence-corrected chi connectivity index (χ3v) is 2.92. The van der Waals surface area contributed by atoms with E-state index in [4.69, 9.17) is 10.5 Å². The molecule has 1 aromatic carbocycles. The molecule has 3 N–H and O–H groups in total. The summed E-state index contributed by atoms with van der Waals surface area (Å²) in [6.45, 7) is 5.23. The van der Waals surface area contributed by atoms with Crippen LogP contribution in [-0.2, 0) is 9.53 Å². The lowest BCUT2D eigenvalue weighted by Gasteiger charge is -2.11. The SMILES string of the molecule is CCCC(C)COCCC(=O)Nc1cc(N)ccc1F. The predicted molar refractivity (Wildman–Crippen MR) is 79.0 cm³/mol. The van der Waals surface area contributed by atoms with Crippen LogP contribution in [0.25, 0.3) is 0 Å². The molecule has 1 atom stereocenters. The van der Waals surface area contributed by atoms with Gasteiger partial charge in [0.15, 0.2) is 0 Å². The van der Waals surface area contributed by atoms with Crippen LogP contribution < -0.4 is 11.1 Å². The zero-order valence-corrected chi connectivity index (χ0v) is 12.1. The van der Waals surface area contributed by atoms with Gasteiger partial charge in [0, 0.05) is 12.3 Å². The monoisotopic (exact) mass is 282 g/mol. The van der Waals surface area contributed by atoms with E-state index in [1.54, 1.807) is 0 Å². The van der Waals surface area contributed by atoms with Crippen molar-refractivity contribution in [3.63, 3.8) is 0 Å². The molecule has 1 unspecified atom stereocenters. The summed E-state index contributed by atoms with van der Waals surface area (Å²) in [5, 5.41) is 2.49. The number of carbonyl (C=O) groups is 1. The Hall–Kier alpha value is -1.62. The Bertz CT molecular complexity index is 438. The van der Waals surface area contributed by atoms with Crippen LogP contribution in [0.2, 0.25) is 0 Å². The normalized spacial score (nSPS) is 12.2. The quantitative estimate of drug-likeness (QED) is 0.568. The molecule has 4 nitrogen and oxygen atoms in total. The number of halogens is 1. The molecule has 0 radical (unpaired) electrons. The Kier molecular flexibility index (Phi) is 7.01. The largest absolute Gasteiger partial charge is 0.399 e. The molecule has 0 saturated heterocycles. The zero-order valence-electron chi connectivity index (χ0n) is 12.1. The fourth-order valence-corrected chi connectivity index (χ4v) is 1.88. The molecule has 112 valence electrons. The van der Waals surface area contributed by atoms with Gasteiger partial charge in [-0.3, -0.25) is 4.79 Å². The lowest BCUT2D eigenvalue weighted by Crippen LogP contribution is -2.16. The molecule has 0 bridgehead atoms. The zero-order chi connectivity index (χ0) is 15.0. The van der Waals surface area contributed by atoms with Crippen LogP contribution in [0.3, 0.4) is 0 Å². The van der Waals surface area contributed by atoms with Crippen LogP contribution in [0.1, 0.15) is 33.1 Å². The molecule has 20 heavy (non-hydrogen) atoms. The number of benzene rings is 1. The maximum absolute atomic E-state index is 13.4. The van der Waals surface area contributed by atoms with E-state index in [0.29, 0.717) is 24.8 Å². The summed E-state index contributed by atoms with van der Waals surface area (Å²) >= 11 is 0. The maximum Gasteiger partial charge on any atom is 0.226 e. The number of ether oxygens (including phenoxy) is 1. The average Bonchev–Trinajstić information content (AvgIpc) is 2.39. The van der Waals surface area contributed by atoms with Gasteiger partial charge in [0.25, 0.3) is 0 Å². The van der Waals surface area contributed by atoms with E-state index >= 15 is 0 Å². The summed E-state index contributed by atoms with van der Waals surface area (Å²) < 4.78 is 18.8. The van der Waals surface area contributed by atoms with Crippen LogP contribution in [0.15, 0.2) is 18.2 Å². The summed E-state index contributed by atoms with van der Waals surface area (Å²) in [5.41, 5.74) is 6.06. The van der Waals surface area contributed by atoms with Gasteiger partial charge in [-0.25, -0.2) is 4.39 Å². The highest BCUT2D eigenvalue weighted by atomic mass is 19.1. The molecule has 0 spiro atoms. The highest BCUT2D eigenvalue weighted by molar-refractivity contribution is 5.91. The van der Waals surface area contributed by atoms with Gasteiger partial charge in [0.2, 0.25) is 5.91 Å². The third kappa shape index (κ3) is 6.02. The Morgan fingerprint density at radius 1 is 1.50 bits per heavy atom. The van der Waals surface area contributed by atoms with Gasteiger partial charge >= 0.3 is 0 Å². The summed E-state index contributed by atoms with van der Waals surface area (Å²) in [7, 11) is 0. The van der Waals surface area contributed by atoms with Crippen LogP contribution in [-0.4, -0.2) is 19.1 Å². The van der Waals surface area contributed by atoms with Crippen LogP contribution >= 0.6 is 0 Å². The summed E-state index contributed by atoms with van der Waals surface area (Å²) in [4.78, 5) is 11.6. The van der Waals surface area contributed by atoms with Crippen molar-refractivity contribution in [1.29, 1.82) is 0 Å². The first-order valence-electron chi connectivity index (χ1n) is 6.95. The number of amides is 1. The van der Waals surface area contributed by atoms with Gasteiger partial charge in [-0.1, -0.05) is 20.3 Å². The Morgan fingerprint density at radius 3 is 2.95 bits per heavy atom. The standard InChI is InChI=1S/C15H23FN2O2/c1-3-4-11(2)10-20-8-7-15(19)18-14-9-12(17)5-6-13(14)16/h5-6,9,11H,3-4,7-8,10,17H2,1-2H3,(H,18,19). The Balaban J connectivity index is 2.28. The third-order valence-electron chi connectivity index (χ3n) is 2.92. The van der Waals surface area contributed by atoms with Gasteiger partial charge in [0.1, 0.15) is 5.82 Å². The molecular weight excluding hydrogens is 259 g/mol. The van der Waals surface area contributed by atoms with Crippen molar-refractivity contribution in [2.24, 2.45) is 5.92 Å². The molecule has 1 aromatic rings. The van der Waals surface area contributed by atoms with Gasteiger partial charge in [-0.15, -0.1) is 0 Å². The van der Waals surface area contributed by atoms with E-state index in [1.807, 2.05) is 0 Å². The van der Waals surface area contributed by atoms with Crippen molar-refractivity contribution in [3.05, 3.63) is 24.0 Å². The molecular formula is C15H23FN2O2. The highest BCUT2D eigenvalue weighted by Crippen LogP contribution is 2.17. The van der Waals surface area contributed by atoms with E-state index in [0.717, 1.165) is 12.8 Å². The molecule has 1 amide bonds. The van der Waals surface area contributed by atoms with Gasteiger partial charge in [-0.2, -0.15) is 0 Å². The number of hydrogen-bond acceptors (Lipinski definition) is 3. The molecule has 0 heterocycles. The second kappa shape index (κ2) is 8.53. The molecule has 0 aliphatic carbocycles. The van der Waals surface area contributed by atoms with E-state index < -0.39 is 5.82 Å². The molecule has 5 heteroatoms. The summed E-state index contributed by atoms with van der Waals surface area (Å²) in [5.74, 6) is -0.280. The minimum atomic E-state index is -0.495. The van der Waals surface area contributed by atoms with Crippen molar-refractivity contribution < 1.29 is 13.9 Å². The van der Waals surface area contributed by atoms with E-state index in [-0.39, 0.29) is 18.0 Å². The number of hydrogen-bond donors (Lipinski definition) is 2. The summed E-state index contributed by atoms with van der Waals surface area (Å²) in [6.07, 6.45) is 2.44. The van der Waals surface area contributed by atoms with Gasteiger partial charge in [0.05, 0.1) is 18.7 Å². The van der Waals surface area contributed by atoms with Crippen molar-refractivity contribution in [1.82, 2.24) is 0 Å². The number of nitrogens with one attached hydrogen (secondary N) is 1. The predicted octanol–water partition coefficient (Wildman–Crippen LogP) is 3.19. The molecule has 0 aliphatic heterocycles. The number of rotatable bonds is 8. The van der Waals surface area contributed by atoms with E-state index in [9.17, 15) is 9.18 Å². The minimum Gasteiger partial charge on any atom is -0.399 e. The number of nitrogens with two attached hydrogens (primary N) is 1.